The van der Waals surface area contributed by atoms with Crippen LogP contribution in [0.25, 0.3) is 0 Å². The summed E-state index contributed by atoms with van der Waals surface area (Å²) in [5.74, 6) is 0. The third kappa shape index (κ3) is 5.87. The maximum atomic E-state index is 12.4. The number of hydrogen-bond acceptors (Lipinski definition) is 3. The lowest BCUT2D eigenvalue weighted by atomic mass is 10.1. The van der Waals surface area contributed by atoms with E-state index in [0.717, 1.165) is 0 Å². The second-order valence-corrected chi connectivity index (χ2v) is 7.47. The number of nitrogens with one attached hydrogen (secondary N) is 3. The summed E-state index contributed by atoms with van der Waals surface area (Å²) in [6.07, 6.45) is 1.56. The fourth-order valence-electron chi connectivity index (χ4n) is 1.77. The van der Waals surface area contributed by atoms with Crippen molar-refractivity contribution in [2.75, 3.05) is 6.54 Å². The summed E-state index contributed by atoms with van der Waals surface area (Å²) in [7, 11) is -3.65. The Hall–Kier alpha value is -1.86. The smallest absolute Gasteiger partial charge is 0.315 e. The van der Waals surface area contributed by atoms with E-state index in [1.807, 2.05) is 0 Å². The van der Waals surface area contributed by atoms with E-state index in [2.05, 4.69) is 21.9 Å². The molecule has 0 aliphatic heterocycles. The maximum Gasteiger partial charge on any atom is 0.315 e. The molecule has 0 aliphatic carbocycles. The van der Waals surface area contributed by atoms with Crippen LogP contribution in [0.1, 0.15) is 26.3 Å². The van der Waals surface area contributed by atoms with E-state index >= 15 is 0 Å². The van der Waals surface area contributed by atoms with Gasteiger partial charge in [0.1, 0.15) is 0 Å². The van der Waals surface area contributed by atoms with Gasteiger partial charge < -0.3 is 10.6 Å². The molecule has 1 aromatic carbocycles. The number of rotatable bonds is 6. The first-order valence-electron chi connectivity index (χ1n) is 6.90. The Kier molecular flexibility index (Phi) is 6.13. The van der Waals surface area contributed by atoms with E-state index in [1.165, 1.54) is 6.07 Å². The van der Waals surface area contributed by atoms with Crippen molar-refractivity contribution in [2.24, 2.45) is 0 Å². The number of sulfonamides is 1. The highest BCUT2D eigenvalue weighted by atomic mass is 32.2. The molecule has 22 heavy (non-hydrogen) atoms. The molecule has 0 bridgehead atoms. The number of amides is 2. The Morgan fingerprint density at radius 1 is 1.23 bits per heavy atom. The summed E-state index contributed by atoms with van der Waals surface area (Å²) >= 11 is 0. The standard InChI is InChI=1S/C15H23N3O3S/c1-5-10-16-14(19)17-11-12-8-6-7-9-13(12)22(20,21)18-15(2,3)4/h5-9,18H,1,10-11H2,2-4H3,(H2,16,17,19). The zero-order valence-corrected chi connectivity index (χ0v) is 14.0. The molecule has 3 N–H and O–H groups in total. The van der Waals surface area contributed by atoms with Gasteiger partial charge in [-0.25, -0.2) is 17.9 Å². The van der Waals surface area contributed by atoms with E-state index in [-0.39, 0.29) is 17.5 Å². The molecule has 122 valence electrons. The number of hydrogen-bond donors (Lipinski definition) is 3. The van der Waals surface area contributed by atoms with Crippen molar-refractivity contribution in [1.29, 1.82) is 0 Å². The van der Waals surface area contributed by atoms with Crippen LogP contribution in [0, 0.1) is 0 Å². The lowest BCUT2D eigenvalue weighted by Gasteiger charge is -2.21. The number of carbonyl (C=O) groups is 1. The van der Waals surface area contributed by atoms with E-state index in [0.29, 0.717) is 12.1 Å². The normalized spacial score (nSPS) is 11.8. The van der Waals surface area contributed by atoms with Crippen LogP contribution >= 0.6 is 0 Å². The van der Waals surface area contributed by atoms with Crippen molar-refractivity contribution in [1.82, 2.24) is 15.4 Å². The summed E-state index contributed by atoms with van der Waals surface area (Å²) in [6.45, 7) is 9.28. The number of carbonyl (C=O) groups excluding carboxylic acids is 1. The van der Waals surface area contributed by atoms with Crippen LogP contribution in [0.5, 0.6) is 0 Å². The molecule has 0 atom stereocenters. The summed E-state index contributed by atoms with van der Waals surface area (Å²) in [6, 6.07) is 6.20. The Morgan fingerprint density at radius 2 is 1.86 bits per heavy atom. The van der Waals surface area contributed by atoms with Gasteiger partial charge in [-0.05, 0) is 32.4 Å². The first kappa shape index (κ1) is 18.2. The van der Waals surface area contributed by atoms with Gasteiger partial charge >= 0.3 is 6.03 Å². The van der Waals surface area contributed by atoms with Crippen molar-refractivity contribution < 1.29 is 13.2 Å². The zero-order chi connectivity index (χ0) is 16.8. The minimum absolute atomic E-state index is 0.115. The highest BCUT2D eigenvalue weighted by Crippen LogP contribution is 2.17. The van der Waals surface area contributed by atoms with Crippen molar-refractivity contribution in [3.8, 4) is 0 Å². The molecule has 2 amide bonds. The van der Waals surface area contributed by atoms with Crippen LogP contribution < -0.4 is 15.4 Å². The van der Waals surface area contributed by atoms with Gasteiger partial charge in [0, 0.05) is 18.6 Å². The lowest BCUT2D eigenvalue weighted by Crippen LogP contribution is -2.41. The van der Waals surface area contributed by atoms with Gasteiger partial charge in [0.15, 0.2) is 0 Å². The molecule has 0 radical (unpaired) electrons. The summed E-state index contributed by atoms with van der Waals surface area (Å²) in [4.78, 5) is 11.7. The van der Waals surface area contributed by atoms with Gasteiger partial charge in [0.25, 0.3) is 0 Å². The Morgan fingerprint density at radius 3 is 2.45 bits per heavy atom. The summed E-state index contributed by atoms with van der Waals surface area (Å²) < 4.78 is 27.5. The fourth-order valence-corrected chi connectivity index (χ4v) is 3.43. The quantitative estimate of drug-likeness (QED) is 0.696. The SMILES string of the molecule is C=CCNC(=O)NCc1ccccc1S(=O)(=O)NC(C)(C)C. The predicted molar refractivity (Wildman–Crippen MR) is 87.0 cm³/mol. The van der Waals surface area contributed by atoms with Crippen LogP contribution in [0.3, 0.4) is 0 Å². The van der Waals surface area contributed by atoms with Crippen molar-refractivity contribution in [3.63, 3.8) is 0 Å². The molecule has 0 fully saturated rings. The average Bonchev–Trinajstić information content (AvgIpc) is 2.40. The van der Waals surface area contributed by atoms with Crippen LogP contribution in [0.2, 0.25) is 0 Å². The topological polar surface area (TPSA) is 87.3 Å². The number of benzene rings is 1. The van der Waals surface area contributed by atoms with E-state index in [4.69, 9.17) is 0 Å². The van der Waals surface area contributed by atoms with Crippen molar-refractivity contribution >= 4 is 16.1 Å². The molecule has 1 aromatic rings. The van der Waals surface area contributed by atoms with E-state index in [9.17, 15) is 13.2 Å². The van der Waals surface area contributed by atoms with Crippen LogP contribution in [0.4, 0.5) is 4.79 Å². The molecular formula is C15H23N3O3S. The molecular weight excluding hydrogens is 302 g/mol. The second-order valence-electron chi connectivity index (χ2n) is 5.82. The van der Waals surface area contributed by atoms with Gasteiger partial charge in [0.05, 0.1) is 4.90 Å². The van der Waals surface area contributed by atoms with Gasteiger partial charge in [-0.3, -0.25) is 0 Å². The zero-order valence-electron chi connectivity index (χ0n) is 13.1. The molecule has 1 rings (SSSR count). The molecule has 6 nitrogen and oxygen atoms in total. The second kappa shape index (κ2) is 7.42. The van der Waals surface area contributed by atoms with E-state index in [1.54, 1.807) is 45.0 Å². The van der Waals surface area contributed by atoms with Gasteiger partial charge in [-0.15, -0.1) is 6.58 Å². The fraction of sp³-hybridized carbons (Fsp3) is 0.400. The molecule has 0 unspecified atom stereocenters. The maximum absolute atomic E-state index is 12.4. The van der Waals surface area contributed by atoms with Crippen LogP contribution in [-0.2, 0) is 16.6 Å². The average molecular weight is 325 g/mol. The molecule has 7 heteroatoms. The monoisotopic (exact) mass is 325 g/mol. The first-order chi connectivity index (χ1) is 10.2. The highest BCUT2D eigenvalue weighted by molar-refractivity contribution is 7.89. The minimum Gasteiger partial charge on any atom is -0.335 e. The lowest BCUT2D eigenvalue weighted by molar-refractivity contribution is 0.241. The molecule has 0 aliphatic rings. The van der Waals surface area contributed by atoms with E-state index < -0.39 is 15.6 Å². The first-order valence-corrected chi connectivity index (χ1v) is 8.38. The molecule has 0 heterocycles. The van der Waals surface area contributed by atoms with Crippen molar-refractivity contribution in [3.05, 3.63) is 42.5 Å². The minimum atomic E-state index is -3.65. The van der Waals surface area contributed by atoms with Crippen molar-refractivity contribution in [2.45, 2.75) is 37.8 Å². The van der Waals surface area contributed by atoms with Gasteiger partial charge in [-0.2, -0.15) is 0 Å². The van der Waals surface area contributed by atoms with Crippen LogP contribution in [0.15, 0.2) is 41.8 Å². The Bertz CT molecular complexity index is 634. The Balaban J connectivity index is 2.90. The molecule has 0 saturated carbocycles. The molecule has 0 saturated heterocycles. The Labute approximate surface area is 132 Å². The third-order valence-corrected chi connectivity index (χ3v) is 4.41. The molecule has 0 spiro atoms. The highest BCUT2D eigenvalue weighted by Gasteiger charge is 2.24. The largest absolute Gasteiger partial charge is 0.335 e. The predicted octanol–water partition coefficient (Wildman–Crippen LogP) is 1.75. The van der Waals surface area contributed by atoms with Gasteiger partial charge in [0.2, 0.25) is 10.0 Å². The third-order valence-electron chi connectivity index (χ3n) is 2.55. The van der Waals surface area contributed by atoms with Gasteiger partial charge in [-0.1, -0.05) is 24.3 Å². The number of urea groups is 1. The summed E-state index contributed by atoms with van der Waals surface area (Å²) in [5, 5.41) is 5.18. The molecule has 0 aromatic heterocycles. The summed E-state index contributed by atoms with van der Waals surface area (Å²) in [5.41, 5.74) is -0.0613. The van der Waals surface area contributed by atoms with Crippen LogP contribution in [-0.4, -0.2) is 26.5 Å².